The molecule has 5 nitrogen and oxygen atoms in total. The van der Waals surface area contributed by atoms with Gasteiger partial charge in [0.25, 0.3) is 0 Å². The second kappa shape index (κ2) is 9.22. The molecule has 0 fully saturated rings. The number of methoxy groups -OCH3 is 2. The van der Waals surface area contributed by atoms with E-state index in [0.717, 1.165) is 48.2 Å². The Hall–Kier alpha value is -2.99. The fraction of sp³-hybridized carbons (Fsp3) is 0.292. The highest BCUT2D eigenvalue weighted by Crippen LogP contribution is 2.37. The van der Waals surface area contributed by atoms with E-state index in [4.69, 9.17) is 21.7 Å². The number of rotatable bonds is 6. The van der Waals surface area contributed by atoms with E-state index in [0.29, 0.717) is 0 Å². The summed E-state index contributed by atoms with van der Waals surface area (Å²) in [5, 5.41) is 4.24. The van der Waals surface area contributed by atoms with Gasteiger partial charge in [-0.15, -0.1) is 0 Å². The Morgan fingerprint density at radius 2 is 1.80 bits per heavy atom. The molecule has 0 saturated heterocycles. The van der Waals surface area contributed by atoms with Crippen molar-refractivity contribution in [2.24, 2.45) is 0 Å². The van der Waals surface area contributed by atoms with Gasteiger partial charge in [0.15, 0.2) is 16.6 Å². The lowest BCUT2D eigenvalue weighted by molar-refractivity contribution is 0.284. The van der Waals surface area contributed by atoms with Crippen LogP contribution in [0.25, 0.3) is 0 Å². The number of hydrogen-bond donors (Lipinski definition) is 1. The fourth-order valence-corrected chi connectivity index (χ4v) is 4.33. The fourth-order valence-electron chi connectivity index (χ4n) is 4.04. The third kappa shape index (κ3) is 4.14. The number of benzene rings is 2. The van der Waals surface area contributed by atoms with E-state index < -0.39 is 0 Å². The molecule has 2 heterocycles. The van der Waals surface area contributed by atoms with Crippen LogP contribution < -0.4 is 14.8 Å². The van der Waals surface area contributed by atoms with E-state index in [1.165, 1.54) is 11.3 Å². The first kappa shape index (κ1) is 20.3. The van der Waals surface area contributed by atoms with Gasteiger partial charge in [0.05, 0.1) is 20.3 Å². The third-order valence-corrected chi connectivity index (χ3v) is 5.93. The summed E-state index contributed by atoms with van der Waals surface area (Å²) in [6.07, 6.45) is 3.07. The molecule has 2 aromatic carbocycles. The maximum absolute atomic E-state index is 5.83. The van der Waals surface area contributed by atoms with Gasteiger partial charge in [0.1, 0.15) is 0 Å². The molecule has 6 heteroatoms. The maximum atomic E-state index is 5.83. The molecule has 3 aromatic rings. The molecule has 1 N–H and O–H groups in total. The van der Waals surface area contributed by atoms with Gasteiger partial charge in [0.2, 0.25) is 0 Å². The quantitative estimate of drug-likeness (QED) is 0.609. The molecule has 156 valence electrons. The SMILES string of the molecule is COc1ccc(C2c3cccn3CCN2C(=S)NCCc2ccccc2)cc1OC. The lowest BCUT2D eigenvalue weighted by Gasteiger charge is -2.39. The summed E-state index contributed by atoms with van der Waals surface area (Å²) in [6.45, 7) is 2.56. The summed E-state index contributed by atoms with van der Waals surface area (Å²) in [5.41, 5.74) is 3.65. The van der Waals surface area contributed by atoms with Crippen molar-refractivity contribution in [3.8, 4) is 11.5 Å². The number of ether oxygens (including phenoxy) is 2. The zero-order valence-corrected chi connectivity index (χ0v) is 18.2. The van der Waals surface area contributed by atoms with Crippen LogP contribution in [0.5, 0.6) is 11.5 Å². The number of nitrogens with one attached hydrogen (secondary N) is 1. The van der Waals surface area contributed by atoms with E-state index in [9.17, 15) is 0 Å². The third-order valence-electron chi connectivity index (χ3n) is 5.56. The Kier molecular flexibility index (Phi) is 6.23. The minimum absolute atomic E-state index is 0.0188. The highest BCUT2D eigenvalue weighted by molar-refractivity contribution is 7.80. The van der Waals surface area contributed by atoms with E-state index in [-0.39, 0.29) is 6.04 Å². The van der Waals surface area contributed by atoms with Gasteiger partial charge < -0.3 is 24.3 Å². The smallest absolute Gasteiger partial charge is 0.169 e. The summed E-state index contributed by atoms with van der Waals surface area (Å²) >= 11 is 5.83. The second-order valence-corrected chi connectivity index (χ2v) is 7.69. The van der Waals surface area contributed by atoms with Crippen LogP contribution in [-0.4, -0.2) is 41.9 Å². The predicted octanol–water partition coefficient (Wildman–Crippen LogP) is 4.03. The summed E-state index contributed by atoms with van der Waals surface area (Å²) in [6, 6.07) is 20.8. The predicted molar refractivity (Wildman–Crippen MR) is 123 cm³/mol. The average Bonchev–Trinajstić information content (AvgIpc) is 3.27. The zero-order chi connectivity index (χ0) is 20.9. The van der Waals surface area contributed by atoms with Crippen LogP contribution in [0.3, 0.4) is 0 Å². The van der Waals surface area contributed by atoms with Crippen LogP contribution >= 0.6 is 12.2 Å². The van der Waals surface area contributed by atoms with Crippen LogP contribution in [0.1, 0.15) is 22.9 Å². The molecule has 0 radical (unpaired) electrons. The van der Waals surface area contributed by atoms with Crippen LogP contribution in [0.4, 0.5) is 0 Å². The van der Waals surface area contributed by atoms with Crippen LogP contribution in [0, 0.1) is 0 Å². The van der Waals surface area contributed by atoms with Crippen LogP contribution in [-0.2, 0) is 13.0 Å². The number of hydrogen-bond acceptors (Lipinski definition) is 3. The minimum Gasteiger partial charge on any atom is -0.493 e. The monoisotopic (exact) mass is 421 g/mol. The van der Waals surface area contributed by atoms with Crippen molar-refractivity contribution in [1.29, 1.82) is 0 Å². The van der Waals surface area contributed by atoms with E-state index in [1.54, 1.807) is 14.2 Å². The molecular weight excluding hydrogens is 394 g/mol. The summed E-state index contributed by atoms with van der Waals surface area (Å²) in [4.78, 5) is 2.27. The highest BCUT2D eigenvalue weighted by Gasteiger charge is 2.31. The Morgan fingerprint density at radius 3 is 2.57 bits per heavy atom. The van der Waals surface area contributed by atoms with Gasteiger partial charge in [-0.2, -0.15) is 0 Å². The molecule has 30 heavy (non-hydrogen) atoms. The van der Waals surface area contributed by atoms with Crippen LogP contribution in [0.2, 0.25) is 0 Å². The lowest BCUT2D eigenvalue weighted by atomic mass is 9.99. The molecule has 0 aliphatic carbocycles. The standard InChI is InChI=1S/C24H27N3O2S/c1-28-21-11-10-19(17-22(21)29-2)23-20-9-6-14-26(20)15-16-27(23)24(30)25-13-12-18-7-4-3-5-8-18/h3-11,14,17,23H,12-13,15-16H2,1-2H3,(H,25,30). The molecule has 1 aliphatic rings. The van der Waals surface area contributed by atoms with Gasteiger partial charge in [-0.25, -0.2) is 0 Å². The van der Waals surface area contributed by atoms with E-state index in [1.807, 2.05) is 18.2 Å². The Balaban J connectivity index is 1.56. The van der Waals surface area contributed by atoms with E-state index >= 15 is 0 Å². The highest BCUT2D eigenvalue weighted by atomic mass is 32.1. The molecule has 4 rings (SSSR count). The minimum atomic E-state index is 0.0188. The van der Waals surface area contributed by atoms with E-state index in [2.05, 4.69) is 63.4 Å². The maximum Gasteiger partial charge on any atom is 0.169 e. The molecule has 1 unspecified atom stereocenters. The first-order valence-electron chi connectivity index (χ1n) is 10.2. The molecule has 0 amide bonds. The van der Waals surface area contributed by atoms with Gasteiger partial charge in [0, 0.05) is 31.5 Å². The molecule has 1 atom stereocenters. The van der Waals surface area contributed by atoms with Crippen molar-refractivity contribution in [3.05, 3.63) is 83.7 Å². The average molecular weight is 422 g/mol. The summed E-state index contributed by atoms with van der Waals surface area (Å²) < 4.78 is 13.3. The number of nitrogens with zero attached hydrogens (tertiary/aromatic N) is 2. The largest absolute Gasteiger partial charge is 0.493 e. The first-order chi connectivity index (χ1) is 14.7. The van der Waals surface area contributed by atoms with Gasteiger partial charge in [-0.05, 0) is 54.0 Å². The Bertz CT molecular complexity index is 1000. The van der Waals surface area contributed by atoms with Crippen molar-refractivity contribution < 1.29 is 9.47 Å². The molecule has 1 aromatic heterocycles. The summed E-state index contributed by atoms with van der Waals surface area (Å²) in [7, 11) is 3.32. The van der Waals surface area contributed by atoms with Gasteiger partial charge in [-0.1, -0.05) is 36.4 Å². The Labute approximate surface area is 183 Å². The van der Waals surface area contributed by atoms with Crippen LogP contribution in [0.15, 0.2) is 66.9 Å². The molecule has 1 aliphatic heterocycles. The molecule has 0 saturated carbocycles. The Morgan fingerprint density at radius 1 is 1.00 bits per heavy atom. The first-order valence-corrected chi connectivity index (χ1v) is 10.6. The lowest BCUT2D eigenvalue weighted by Crippen LogP contribution is -2.47. The number of fused-ring (bicyclic) bond motifs is 1. The summed E-state index contributed by atoms with van der Waals surface area (Å²) in [5.74, 6) is 1.45. The van der Waals surface area contributed by atoms with Crippen molar-refractivity contribution in [2.75, 3.05) is 27.3 Å². The van der Waals surface area contributed by atoms with Gasteiger partial charge >= 0.3 is 0 Å². The number of thiocarbonyl (C=S) groups is 1. The van der Waals surface area contributed by atoms with Crippen molar-refractivity contribution in [1.82, 2.24) is 14.8 Å². The van der Waals surface area contributed by atoms with Gasteiger partial charge in [-0.3, -0.25) is 0 Å². The van der Waals surface area contributed by atoms with Crippen molar-refractivity contribution in [2.45, 2.75) is 19.0 Å². The molecular formula is C24H27N3O2S. The molecule has 0 bridgehead atoms. The second-order valence-electron chi connectivity index (χ2n) is 7.30. The van der Waals surface area contributed by atoms with Crippen molar-refractivity contribution in [3.63, 3.8) is 0 Å². The topological polar surface area (TPSA) is 38.7 Å². The number of aromatic nitrogens is 1. The van der Waals surface area contributed by atoms with Crippen molar-refractivity contribution >= 4 is 17.3 Å². The zero-order valence-electron chi connectivity index (χ0n) is 17.4. The normalized spacial score (nSPS) is 15.4. The molecule has 0 spiro atoms.